The number of nitrogens with one attached hydrogen (secondary N) is 2. The van der Waals surface area contributed by atoms with Gasteiger partial charge >= 0.3 is 0 Å². The molecular weight excluding hydrogens is 447 g/mol. The molecule has 0 bridgehead atoms. The second-order valence-corrected chi connectivity index (χ2v) is 11.3. The average molecular weight is 479 g/mol. The first-order valence-corrected chi connectivity index (χ1v) is 13.2. The highest BCUT2D eigenvalue weighted by Gasteiger charge is 2.28. The van der Waals surface area contributed by atoms with Crippen molar-refractivity contribution in [2.45, 2.75) is 40.7 Å². The summed E-state index contributed by atoms with van der Waals surface area (Å²) in [4.78, 5) is 18.1. The summed E-state index contributed by atoms with van der Waals surface area (Å²) in [6, 6.07) is 7.34. The molecule has 0 saturated heterocycles. The lowest BCUT2D eigenvalue weighted by Gasteiger charge is -2.27. The summed E-state index contributed by atoms with van der Waals surface area (Å²) in [7, 11) is -0.924. The average Bonchev–Trinajstić information content (AvgIpc) is 2.72. The lowest BCUT2D eigenvalue weighted by Crippen LogP contribution is -2.36. The Balaban J connectivity index is 2.08. The van der Waals surface area contributed by atoms with Crippen molar-refractivity contribution in [1.29, 1.82) is 0 Å². The summed E-state index contributed by atoms with van der Waals surface area (Å²) in [5.41, 5.74) is 1.76. The van der Waals surface area contributed by atoms with Crippen molar-refractivity contribution in [3.8, 4) is 5.75 Å². The smallest absolute Gasteiger partial charge is 0.265 e. The highest BCUT2D eigenvalue weighted by Crippen LogP contribution is 2.40. The Hall–Kier alpha value is -2.22. The Morgan fingerprint density at radius 3 is 2.66 bits per heavy atom. The molecule has 2 aromatic rings. The molecule has 2 heterocycles. The van der Waals surface area contributed by atoms with Crippen LogP contribution in [0.3, 0.4) is 0 Å². The molecule has 10 heteroatoms. The van der Waals surface area contributed by atoms with Gasteiger partial charge in [-0.05, 0) is 43.0 Å². The van der Waals surface area contributed by atoms with E-state index < -0.39 is 19.3 Å². The van der Waals surface area contributed by atoms with E-state index >= 15 is 0 Å². The minimum absolute atomic E-state index is 0.107. The zero-order chi connectivity index (χ0) is 23.5. The van der Waals surface area contributed by atoms with Crippen LogP contribution in [0.4, 0.5) is 11.4 Å². The largest absolute Gasteiger partial charge is 0.496 e. The van der Waals surface area contributed by atoms with E-state index in [2.05, 4.69) is 30.6 Å². The Bertz CT molecular complexity index is 1090. The molecule has 0 aliphatic carbocycles. The van der Waals surface area contributed by atoms with E-state index in [4.69, 9.17) is 14.3 Å². The number of methoxy groups -OCH3 is 1. The molecule has 2 unspecified atom stereocenters. The number of benzene rings is 1. The number of anilines is 1. The fourth-order valence-electron chi connectivity index (χ4n) is 3.23. The molecule has 1 aliphatic heterocycles. The minimum atomic E-state index is -1.28. The first-order chi connectivity index (χ1) is 15.1. The van der Waals surface area contributed by atoms with Crippen LogP contribution in [0.2, 0.25) is 0 Å². The maximum atomic E-state index is 13.4. The van der Waals surface area contributed by atoms with Crippen LogP contribution in [-0.2, 0) is 22.1 Å². The highest BCUT2D eigenvalue weighted by atomic mass is 32.2. The van der Waals surface area contributed by atoms with Crippen molar-refractivity contribution in [1.82, 2.24) is 9.65 Å². The lowest BCUT2D eigenvalue weighted by molar-refractivity contribution is 0.346. The molecule has 1 aromatic carbocycles. The second-order valence-electron chi connectivity index (χ2n) is 8.61. The molecule has 2 atom stereocenters. The SMILES string of the molecule is CCOP1NC(c2c(OC)ccn(CCC(C)(C)C)c2=O)=Nc2ccc(NS(C)=O)cc21. The summed E-state index contributed by atoms with van der Waals surface area (Å²) < 4.78 is 27.7. The number of hydrogen-bond acceptors (Lipinski definition) is 6. The van der Waals surface area contributed by atoms with Crippen molar-refractivity contribution in [3.05, 3.63) is 46.4 Å². The van der Waals surface area contributed by atoms with E-state index in [1.165, 1.54) is 0 Å². The Labute approximate surface area is 192 Å². The van der Waals surface area contributed by atoms with Gasteiger partial charge in [0.15, 0.2) is 8.30 Å². The normalized spacial score (nSPS) is 16.6. The molecule has 3 rings (SSSR count). The number of amidine groups is 1. The quantitative estimate of drug-likeness (QED) is 0.565. The lowest BCUT2D eigenvalue weighted by atomic mass is 9.92. The van der Waals surface area contributed by atoms with Crippen LogP contribution in [-0.4, -0.2) is 34.6 Å². The third kappa shape index (κ3) is 5.77. The standard InChI is InChI=1S/C22H31N4O4PS/c1-7-30-31-18-14-15(25-32(6)28)8-9-16(18)23-20(24-31)19-17(29-5)10-12-26(21(19)27)13-11-22(2,3)4/h8-10,12,14,25H,7,11,13H2,1-6H3,(H,23,24). The molecule has 0 amide bonds. The van der Waals surface area contributed by atoms with Crippen molar-refractivity contribution >= 4 is 41.8 Å². The predicted molar refractivity (Wildman–Crippen MR) is 133 cm³/mol. The molecule has 8 nitrogen and oxygen atoms in total. The third-order valence-electron chi connectivity index (χ3n) is 4.84. The topological polar surface area (TPSA) is 93.9 Å². The number of aromatic nitrogens is 1. The van der Waals surface area contributed by atoms with Gasteiger partial charge in [0.1, 0.15) is 28.1 Å². The molecule has 1 aromatic heterocycles. The molecule has 1 aliphatic rings. The van der Waals surface area contributed by atoms with Crippen LogP contribution in [0.25, 0.3) is 0 Å². The van der Waals surface area contributed by atoms with Gasteiger partial charge in [0.2, 0.25) is 0 Å². The van der Waals surface area contributed by atoms with Gasteiger partial charge in [0.05, 0.1) is 24.7 Å². The van der Waals surface area contributed by atoms with E-state index in [1.807, 2.05) is 25.1 Å². The van der Waals surface area contributed by atoms with E-state index in [9.17, 15) is 9.00 Å². The van der Waals surface area contributed by atoms with Gasteiger partial charge in [-0.3, -0.25) is 4.79 Å². The van der Waals surface area contributed by atoms with E-state index in [0.29, 0.717) is 36.0 Å². The van der Waals surface area contributed by atoms with E-state index in [1.54, 1.807) is 30.2 Å². The molecule has 174 valence electrons. The van der Waals surface area contributed by atoms with Gasteiger partial charge in [-0.2, -0.15) is 0 Å². The number of aryl methyl sites for hydroxylation is 1. The van der Waals surface area contributed by atoms with Gasteiger partial charge in [0.25, 0.3) is 5.56 Å². The highest BCUT2D eigenvalue weighted by molar-refractivity contribution is 7.85. The Morgan fingerprint density at radius 1 is 1.28 bits per heavy atom. The van der Waals surface area contributed by atoms with Gasteiger partial charge in [0, 0.05) is 24.7 Å². The fourth-order valence-corrected chi connectivity index (χ4v) is 5.22. The molecule has 0 fully saturated rings. The number of rotatable bonds is 8. The maximum absolute atomic E-state index is 13.4. The third-order valence-corrected chi connectivity index (χ3v) is 7.09. The van der Waals surface area contributed by atoms with Gasteiger partial charge < -0.3 is 23.6 Å². The van der Waals surface area contributed by atoms with Crippen molar-refractivity contribution < 1.29 is 13.5 Å². The summed E-state index contributed by atoms with van der Waals surface area (Å²) >= 11 is 0. The molecular formula is C22H31N4O4PS. The summed E-state index contributed by atoms with van der Waals surface area (Å²) in [5.74, 6) is 0.895. The minimum Gasteiger partial charge on any atom is -0.496 e. The molecule has 0 spiro atoms. The van der Waals surface area contributed by atoms with Crippen LogP contribution >= 0.6 is 8.30 Å². The zero-order valence-electron chi connectivity index (χ0n) is 19.4. The van der Waals surface area contributed by atoms with Crippen LogP contribution in [0.5, 0.6) is 5.75 Å². The Kier molecular flexibility index (Phi) is 7.75. The van der Waals surface area contributed by atoms with Gasteiger partial charge in [-0.25, -0.2) is 9.20 Å². The second kappa shape index (κ2) is 10.1. The fraction of sp³-hybridized carbons (Fsp3) is 0.455. The van der Waals surface area contributed by atoms with E-state index in [0.717, 1.165) is 17.4 Å². The predicted octanol–water partition coefficient (Wildman–Crippen LogP) is 3.65. The van der Waals surface area contributed by atoms with Crippen molar-refractivity contribution in [2.75, 3.05) is 24.7 Å². The summed E-state index contributed by atoms with van der Waals surface area (Å²) in [5, 5.41) is 4.18. The Morgan fingerprint density at radius 2 is 2.03 bits per heavy atom. The van der Waals surface area contributed by atoms with Crippen LogP contribution < -0.4 is 25.4 Å². The van der Waals surface area contributed by atoms with E-state index in [-0.39, 0.29) is 11.0 Å². The first-order valence-electron chi connectivity index (χ1n) is 10.4. The van der Waals surface area contributed by atoms with Crippen LogP contribution in [0.15, 0.2) is 40.2 Å². The summed E-state index contributed by atoms with van der Waals surface area (Å²) in [6.45, 7) is 9.47. The number of nitrogens with zero attached hydrogens (tertiary/aromatic N) is 2. The first kappa shape index (κ1) is 24.4. The number of pyridine rings is 1. The van der Waals surface area contributed by atoms with Crippen molar-refractivity contribution in [3.63, 3.8) is 0 Å². The molecule has 0 radical (unpaired) electrons. The molecule has 32 heavy (non-hydrogen) atoms. The number of fused-ring (bicyclic) bond motifs is 1. The van der Waals surface area contributed by atoms with Crippen LogP contribution in [0, 0.1) is 5.41 Å². The number of hydrogen-bond donors (Lipinski definition) is 2. The molecule has 0 saturated carbocycles. The number of aliphatic imine (C=N–C) groups is 1. The van der Waals surface area contributed by atoms with Gasteiger partial charge in [-0.1, -0.05) is 20.8 Å². The maximum Gasteiger partial charge on any atom is 0.265 e. The van der Waals surface area contributed by atoms with Crippen molar-refractivity contribution in [2.24, 2.45) is 10.4 Å². The monoisotopic (exact) mass is 478 g/mol. The van der Waals surface area contributed by atoms with Gasteiger partial charge in [-0.15, -0.1) is 0 Å². The zero-order valence-corrected chi connectivity index (χ0v) is 21.1. The number of ether oxygens (including phenoxy) is 1. The summed E-state index contributed by atoms with van der Waals surface area (Å²) in [6.07, 6.45) is 4.20. The molecule has 2 N–H and O–H groups in total. The van der Waals surface area contributed by atoms with Crippen LogP contribution in [0.1, 0.15) is 39.7 Å².